The summed E-state index contributed by atoms with van der Waals surface area (Å²) in [4.78, 5) is 29.6. The molecule has 0 aromatic carbocycles. The maximum atomic E-state index is 12.7. The number of carbonyl (C=O) groups is 2. The summed E-state index contributed by atoms with van der Waals surface area (Å²) >= 11 is 3.22. The van der Waals surface area contributed by atoms with Gasteiger partial charge in [-0.15, -0.1) is 22.7 Å². The number of carbonyl (C=O) groups excluding carboxylic acids is 2. The van der Waals surface area contributed by atoms with Crippen LogP contribution in [0.3, 0.4) is 0 Å². The first-order valence-corrected chi connectivity index (χ1v) is 10.3. The molecule has 4 heterocycles. The van der Waals surface area contributed by atoms with Crippen LogP contribution in [0.15, 0.2) is 17.5 Å². The summed E-state index contributed by atoms with van der Waals surface area (Å²) in [6.07, 6.45) is 0.467. The van der Waals surface area contributed by atoms with Crippen LogP contribution in [0.5, 0.6) is 0 Å². The third-order valence-corrected chi connectivity index (χ3v) is 6.77. The monoisotopic (exact) mass is 379 g/mol. The Morgan fingerprint density at radius 2 is 2.00 bits per heavy atom. The molecule has 8 heteroatoms. The smallest absolute Gasteiger partial charge is 0.264 e. The maximum Gasteiger partial charge on any atom is 0.264 e. The van der Waals surface area contributed by atoms with Gasteiger partial charge in [0.15, 0.2) is 0 Å². The molecule has 6 nitrogen and oxygen atoms in total. The van der Waals surface area contributed by atoms with Crippen molar-refractivity contribution in [2.75, 3.05) is 45.9 Å². The lowest BCUT2D eigenvalue weighted by atomic mass is 10.1. The number of hydrogen-bond donors (Lipinski definition) is 1. The van der Waals surface area contributed by atoms with Gasteiger partial charge < -0.3 is 19.9 Å². The Morgan fingerprint density at radius 3 is 2.72 bits per heavy atom. The molecule has 25 heavy (non-hydrogen) atoms. The van der Waals surface area contributed by atoms with Gasteiger partial charge in [0.25, 0.3) is 5.91 Å². The zero-order valence-electron chi connectivity index (χ0n) is 13.9. The number of morpholine rings is 1. The standard InChI is InChI=1S/C17H21N3O3S2/c21-16(9-12-11-23-7-2-18-12)19-3-5-20(6-4-19)17(22)15-10-14-13(25-15)1-8-24-14/h1,8,10,12,18H,2-7,9,11H2. The molecule has 2 aromatic rings. The first-order valence-electron chi connectivity index (χ1n) is 8.56. The second-order valence-corrected chi connectivity index (χ2v) is 8.39. The molecule has 1 atom stereocenters. The van der Waals surface area contributed by atoms with Crippen LogP contribution in [0.2, 0.25) is 0 Å². The topological polar surface area (TPSA) is 61.9 Å². The van der Waals surface area contributed by atoms with E-state index in [1.54, 1.807) is 22.7 Å². The van der Waals surface area contributed by atoms with Gasteiger partial charge in [-0.3, -0.25) is 9.59 Å². The lowest BCUT2D eigenvalue weighted by Crippen LogP contribution is -2.52. The predicted octanol–water partition coefficient (Wildman–Crippen LogP) is 1.63. The van der Waals surface area contributed by atoms with Gasteiger partial charge in [-0.05, 0) is 17.5 Å². The van der Waals surface area contributed by atoms with Crippen molar-refractivity contribution in [1.82, 2.24) is 15.1 Å². The summed E-state index contributed by atoms with van der Waals surface area (Å²) < 4.78 is 7.74. The van der Waals surface area contributed by atoms with Gasteiger partial charge in [-0.2, -0.15) is 0 Å². The number of rotatable bonds is 3. The lowest BCUT2D eigenvalue weighted by Gasteiger charge is -2.35. The molecule has 2 aromatic heterocycles. The van der Waals surface area contributed by atoms with E-state index in [9.17, 15) is 9.59 Å². The minimum Gasteiger partial charge on any atom is -0.378 e. The van der Waals surface area contributed by atoms with Crippen LogP contribution >= 0.6 is 22.7 Å². The van der Waals surface area contributed by atoms with Crippen LogP contribution in [0.1, 0.15) is 16.1 Å². The predicted molar refractivity (Wildman–Crippen MR) is 99.4 cm³/mol. The fraction of sp³-hybridized carbons (Fsp3) is 0.529. The number of ether oxygens (including phenoxy) is 1. The molecular weight excluding hydrogens is 358 g/mol. The van der Waals surface area contributed by atoms with Crippen molar-refractivity contribution in [2.24, 2.45) is 0 Å². The molecule has 0 radical (unpaired) electrons. The highest BCUT2D eigenvalue weighted by atomic mass is 32.1. The van der Waals surface area contributed by atoms with Crippen LogP contribution in [0.4, 0.5) is 0 Å². The van der Waals surface area contributed by atoms with Crippen molar-refractivity contribution in [2.45, 2.75) is 12.5 Å². The Morgan fingerprint density at radius 1 is 1.20 bits per heavy atom. The Balaban J connectivity index is 1.30. The van der Waals surface area contributed by atoms with Crippen LogP contribution < -0.4 is 5.32 Å². The number of fused-ring (bicyclic) bond motifs is 1. The lowest BCUT2D eigenvalue weighted by molar-refractivity contribution is -0.133. The summed E-state index contributed by atoms with van der Waals surface area (Å²) in [5, 5.41) is 5.36. The Kier molecular flexibility index (Phi) is 5.03. The number of nitrogens with zero attached hydrogens (tertiary/aromatic N) is 2. The first-order chi connectivity index (χ1) is 12.2. The third kappa shape index (κ3) is 3.72. The highest BCUT2D eigenvalue weighted by Gasteiger charge is 2.27. The van der Waals surface area contributed by atoms with Gasteiger partial charge in [-0.25, -0.2) is 0 Å². The van der Waals surface area contributed by atoms with Crippen LogP contribution in [-0.4, -0.2) is 73.6 Å². The third-order valence-electron chi connectivity index (χ3n) is 4.69. The quantitative estimate of drug-likeness (QED) is 0.881. The molecule has 1 unspecified atom stereocenters. The van der Waals surface area contributed by atoms with Gasteiger partial charge in [0.2, 0.25) is 5.91 Å². The Bertz CT molecular complexity index is 730. The average molecular weight is 380 g/mol. The summed E-state index contributed by atoms with van der Waals surface area (Å²) in [5.74, 6) is 0.231. The fourth-order valence-electron chi connectivity index (χ4n) is 3.28. The van der Waals surface area contributed by atoms with Gasteiger partial charge in [0.05, 0.1) is 18.1 Å². The highest BCUT2D eigenvalue weighted by Crippen LogP contribution is 2.30. The minimum atomic E-state index is 0.0860. The van der Waals surface area contributed by atoms with E-state index in [2.05, 4.69) is 11.4 Å². The highest BCUT2D eigenvalue weighted by molar-refractivity contribution is 7.27. The van der Waals surface area contributed by atoms with Crippen molar-refractivity contribution in [1.29, 1.82) is 0 Å². The molecule has 1 N–H and O–H groups in total. The van der Waals surface area contributed by atoms with Crippen LogP contribution in [0, 0.1) is 0 Å². The molecule has 134 valence electrons. The van der Waals surface area contributed by atoms with E-state index >= 15 is 0 Å². The van der Waals surface area contributed by atoms with Gasteiger partial charge in [0.1, 0.15) is 0 Å². The van der Waals surface area contributed by atoms with E-state index in [0.29, 0.717) is 45.8 Å². The SMILES string of the molecule is O=C(CC1COCCN1)N1CCN(C(=O)c2cc3sccc3s2)CC1. The second-order valence-electron chi connectivity index (χ2n) is 6.36. The second kappa shape index (κ2) is 7.41. The maximum absolute atomic E-state index is 12.7. The van der Waals surface area contributed by atoms with Crippen molar-refractivity contribution in [3.8, 4) is 0 Å². The fourth-order valence-corrected chi connectivity index (χ4v) is 5.35. The van der Waals surface area contributed by atoms with Gasteiger partial charge in [-0.1, -0.05) is 0 Å². The van der Waals surface area contributed by atoms with Crippen LogP contribution in [-0.2, 0) is 9.53 Å². The van der Waals surface area contributed by atoms with E-state index in [1.807, 2.05) is 21.2 Å². The summed E-state index contributed by atoms with van der Waals surface area (Å²) in [6.45, 7) is 4.54. The van der Waals surface area contributed by atoms with E-state index in [0.717, 1.165) is 11.4 Å². The summed E-state index contributed by atoms with van der Waals surface area (Å²) in [5.41, 5.74) is 0. The summed E-state index contributed by atoms with van der Waals surface area (Å²) in [7, 11) is 0. The molecule has 0 bridgehead atoms. The first kappa shape index (κ1) is 17.0. The normalized spacial score (nSPS) is 21.7. The zero-order chi connectivity index (χ0) is 17.2. The molecule has 0 aliphatic carbocycles. The van der Waals surface area contributed by atoms with Gasteiger partial charge >= 0.3 is 0 Å². The average Bonchev–Trinajstić information content (AvgIpc) is 3.24. The van der Waals surface area contributed by atoms with E-state index in [4.69, 9.17) is 4.74 Å². The molecule has 2 amide bonds. The Labute approximate surface area is 154 Å². The molecule has 4 rings (SSSR count). The van der Waals surface area contributed by atoms with E-state index in [-0.39, 0.29) is 17.9 Å². The van der Waals surface area contributed by atoms with Gasteiger partial charge in [0, 0.05) is 54.6 Å². The van der Waals surface area contributed by atoms with Crippen molar-refractivity contribution < 1.29 is 14.3 Å². The number of amides is 2. The van der Waals surface area contributed by atoms with E-state index < -0.39 is 0 Å². The molecular formula is C17H21N3O3S2. The number of hydrogen-bond acceptors (Lipinski definition) is 6. The number of nitrogens with one attached hydrogen (secondary N) is 1. The van der Waals surface area contributed by atoms with Crippen molar-refractivity contribution >= 4 is 43.9 Å². The minimum absolute atomic E-state index is 0.0860. The molecule has 2 saturated heterocycles. The number of thiophene rings is 2. The largest absolute Gasteiger partial charge is 0.378 e. The van der Waals surface area contributed by atoms with E-state index in [1.165, 1.54) is 9.40 Å². The zero-order valence-corrected chi connectivity index (χ0v) is 15.5. The van der Waals surface area contributed by atoms with Crippen LogP contribution in [0.25, 0.3) is 9.40 Å². The number of piperazine rings is 1. The van der Waals surface area contributed by atoms with Crippen molar-refractivity contribution in [3.05, 3.63) is 22.4 Å². The van der Waals surface area contributed by atoms with Crippen molar-refractivity contribution in [3.63, 3.8) is 0 Å². The molecule has 2 aliphatic rings. The summed E-state index contributed by atoms with van der Waals surface area (Å²) in [6, 6.07) is 4.15. The molecule has 2 fully saturated rings. The molecule has 2 aliphatic heterocycles. The molecule has 0 spiro atoms. The Hall–Kier alpha value is -1.48. The molecule has 0 saturated carbocycles.